The van der Waals surface area contributed by atoms with Gasteiger partial charge in [0.2, 0.25) is 0 Å². The summed E-state index contributed by atoms with van der Waals surface area (Å²) < 4.78 is 16.2. The summed E-state index contributed by atoms with van der Waals surface area (Å²) in [6, 6.07) is 17.9. The number of esters is 3. The predicted molar refractivity (Wildman–Crippen MR) is 161 cm³/mol. The molecule has 3 aromatic rings. The first kappa shape index (κ1) is 31.9. The van der Waals surface area contributed by atoms with Gasteiger partial charge in [-0.2, -0.15) is 0 Å². The van der Waals surface area contributed by atoms with Crippen LogP contribution in [0, 0.1) is 5.92 Å². The average Bonchev–Trinajstić information content (AvgIpc) is 2.98. The van der Waals surface area contributed by atoms with Crippen LogP contribution >= 0.6 is 11.6 Å². The smallest absolute Gasteiger partial charge is 0.343 e. The first-order chi connectivity index (χ1) is 19.8. The molecule has 0 unspecified atom stereocenters. The van der Waals surface area contributed by atoms with Crippen molar-refractivity contribution < 1.29 is 28.6 Å². The second kappa shape index (κ2) is 16.6. The van der Waals surface area contributed by atoms with Crippen LogP contribution in [-0.4, -0.2) is 24.5 Å². The Morgan fingerprint density at radius 2 is 1.27 bits per heavy atom. The monoisotopic (exact) mass is 578 g/mol. The molecule has 0 saturated carbocycles. The summed E-state index contributed by atoms with van der Waals surface area (Å²) in [6.45, 7) is 6.53. The summed E-state index contributed by atoms with van der Waals surface area (Å²) >= 11 is 6.23. The summed E-state index contributed by atoms with van der Waals surface area (Å²) in [4.78, 5) is 37.5. The molecule has 0 spiro atoms. The van der Waals surface area contributed by atoms with Crippen LogP contribution < -0.4 is 9.47 Å². The number of hydrogen-bond acceptors (Lipinski definition) is 6. The number of aryl methyl sites for hydroxylation is 1. The molecule has 3 rings (SSSR count). The van der Waals surface area contributed by atoms with Crippen molar-refractivity contribution in [2.24, 2.45) is 5.92 Å². The summed E-state index contributed by atoms with van der Waals surface area (Å²) in [5, 5.41) is 0.127. The lowest BCUT2D eigenvalue weighted by Crippen LogP contribution is -2.12. The Bertz CT molecular complexity index is 1280. The lowest BCUT2D eigenvalue weighted by atomic mass is 10.0. The van der Waals surface area contributed by atoms with E-state index >= 15 is 0 Å². The van der Waals surface area contributed by atoms with Crippen molar-refractivity contribution in [2.75, 3.05) is 6.61 Å². The van der Waals surface area contributed by atoms with Crippen LogP contribution in [-0.2, 0) is 11.2 Å². The van der Waals surface area contributed by atoms with Crippen LogP contribution in [0.25, 0.3) is 0 Å². The van der Waals surface area contributed by atoms with Gasteiger partial charge >= 0.3 is 17.9 Å². The second-order valence-corrected chi connectivity index (χ2v) is 10.7. The molecule has 6 nitrogen and oxygen atoms in total. The average molecular weight is 579 g/mol. The zero-order valence-electron chi connectivity index (χ0n) is 24.1. The molecule has 0 N–H and O–H groups in total. The van der Waals surface area contributed by atoms with Crippen LogP contribution in [0.3, 0.4) is 0 Å². The highest BCUT2D eigenvalue weighted by Gasteiger charge is 2.16. The van der Waals surface area contributed by atoms with Gasteiger partial charge in [0.05, 0.1) is 28.3 Å². The zero-order chi connectivity index (χ0) is 29.6. The van der Waals surface area contributed by atoms with Crippen molar-refractivity contribution in [1.82, 2.24) is 0 Å². The fourth-order valence-electron chi connectivity index (χ4n) is 4.05. The van der Waals surface area contributed by atoms with E-state index in [4.69, 9.17) is 25.8 Å². The number of halogens is 1. The first-order valence-corrected chi connectivity index (χ1v) is 14.8. The summed E-state index contributed by atoms with van der Waals surface area (Å²) in [5.41, 5.74) is 2.13. The number of carbonyl (C=O) groups is 3. The van der Waals surface area contributed by atoms with E-state index in [2.05, 4.69) is 6.92 Å². The van der Waals surface area contributed by atoms with Gasteiger partial charge in [0.1, 0.15) is 11.5 Å². The number of benzene rings is 3. The summed E-state index contributed by atoms with van der Waals surface area (Å²) in [5.74, 6) is -0.864. The largest absolute Gasteiger partial charge is 0.462 e. The van der Waals surface area contributed by atoms with Crippen LogP contribution in [0.1, 0.15) is 102 Å². The minimum atomic E-state index is -0.619. The molecule has 0 saturated heterocycles. The highest BCUT2D eigenvalue weighted by Crippen LogP contribution is 2.25. The van der Waals surface area contributed by atoms with Crippen LogP contribution in [0.15, 0.2) is 66.7 Å². The van der Waals surface area contributed by atoms with Gasteiger partial charge < -0.3 is 14.2 Å². The van der Waals surface area contributed by atoms with E-state index in [0.717, 1.165) is 19.3 Å². The Morgan fingerprint density at radius 1 is 0.707 bits per heavy atom. The summed E-state index contributed by atoms with van der Waals surface area (Å²) in [7, 11) is 0. The van der Waals surface area contributed by atoms with Crippen LogP contribution in [0.2, 0.25) is 5.02 Å². The first-order valence-electron chi connectivity index (χ1n) is 14.4. The quantitative estimate of drug-likeness (QED) is 0.102. The third kappa shape index (κ3) is 10.4. The third-order valence-corrected chi connectivity index (χ3v) is 7.19. The van der Waals surface area contributed by atoms with Crippen molar-refractivity contribution >= 4 is 29.5 Å². The Hall–Kier alpha value is -3.64. The Labute approximate surface area is 248 Å². The van der Waals surface area contributed by atoms with E-state index in [-0.39, 0.29) is 27.8 Å². The van der Waals surface area contributed by atoms with Gasteiger partial charge in [0.25, 0.3) is 0 Å². The molecule has 0 aromatic heterocycles. The van der Waals surface area contributed by atoms with E-state index in [1.807, 2.05) is 26.0 Å². The van der Waals surface area contributed by atoms with Crippen LogP contribution in [0.4, 0.5) is 0 Å². The molecule has 0 heterocycles. The van der Waals surface area contributed by atoms with Crippen molar-refractivity contribution in [2.45, 2.75) is 72.1 Å². The Morgan fingerprint density at radius 3 is 1.88 bits per heavy atom. The van der Waals surface area contributed by atoms with Gasteiger partial charge in [-0.3, -0.25) is 0 Å². The molecule has 3 aromatic carbocycles. The van der Waals surface area contributed by atoms with Gasteiger partial charge in [-0.25, -0.2) is 14.4 Å². The molecule has 41 heavy (non-hydrogen) atoms. The number of rotatable bonds is 15. The number of ether oxygens (including phenoxy) is 3. The normalized spacial score (nSPS) is 11.5. The lowest BCUT2D eigenvalue weighted by Gasteiger charge is -2.11. The molecule has 7 heteroatoms. The molecule has 0 aliphatic rings. The van der Waals surface area contributed by atoms with Crippen LogP contribution in [0.5, 0.6) is 11.5 Å². The molecule has 0 amide bonds. The number of carbonyl (C=O) groups excluding carboxylic acids is 3. The molecule has 0 bridgehead atoms. The molecule has 0 fully saturated rings. The van der Waals surface area contributed by atoms with Gasteiger partial charge in [-0.15, -0.1) is 0 Å². The molecule has 0 aliphatic heterocycles. The Balaban J connectivity index is 1.49. The van der Waals surface area contributed by atoms with Crippen molar-refractivity contribution in [3.05, 3.63) is 94.0 Å². The third-order valence-electron chi connectivity index (χ3n) is 6.88. The van der Waals surface area contributed by atoms with E-state index in [1.165, 1.54) is 80.1 Å². The molecule has 218 valence electrons. The van der Waals surface area contributed by atoms with Crippen molar-refractivity contribution in [3.63, 3.8) is 0 Å². The SMILES string of the molecule is CCCCCCCCc1ccc(C(=O)Oc2ccc(C(=O)Oc3ccc(C(=O)OC[C@@H](C)CC)c(Cl)c3)cc2)cc1. The summed E-state index contributed by atoms with van der Waals surface area (Å²) in [6.07, 6.45) is 9.38. The van der Waals surface area contributed by atoms with Gasteiger partial charge in [-0.05, 0) is 72.9 Å². The molecule has 0 radical (unpaired) electrons. The Kier molecular flexibility index (Phi) is 12.9. The van der Waals surface area contributed by atoms with E-state index in [9.17, 15) is 14.4 Å². The minimum Gasteiger partial charge on any atom is -0.462 e. The van der Waals surface area contributed by atoms with Crippen molar-refractivity contribution in [1.29, 1.82) is 0 Å². The number of hydrogen-bond donors (Lipinski definition) is 0. The predicted octanol–water partition coefficient (Wildman–Crippen LogP) is 8.88. The zero-order valence-corrected chi connectivity index (χ0v) is 24.9. The fourth-order valence-corrected chi connectivity index (χ4v) is 4.29. The van der Waals surface area contributed by atoms with Gasteiger partial charge in [0.15, 0.2) is 0 Å². The van der Waals surface area contributed by atoms with E-state index in [0.29, 0.717) is 17.9 Å². The maximum Gasteiger partial charge on any atom is 0.343 e. The number of unbranched alkanes of at least 4 members (excludes halogenated alkanes) is 5. The van der Waals surface area contributed by atoms with E-state index in [1.54, 1.807) is 12.1 Å². The minimum absolute atomic E-state index is 0.127. The molecular formula is C34H39ClO6. The van der Waals surface area contributed by atoms with E-state index < -0.39 is 17.9 Å². The van der Waals surface area contributed by atoms with Crippen molar-refractivity contribution in [3.8, 4) is 11.5 Å². The highest BCUT2D eigenvalue weighted by molar-refractivity contribution is 6.33. The standard InChI is InChI=1S/C34H39ClO6/c1-4-6-7-8-9-10-11-25-12-14-26(15-13-25)32(36)40-28-18-16-27(17-19-28)33(37)41-29-20-21-30(31(35)22-29)34(38)39-23-24(3)5-2/h12-22,24H,4-11,23H2,1-3H3/t24-/m0/s1. The highest BCUT2D eigenvalue weighted by atomic mass is 35.5. The maximum absolute atomic E-state index is 12.6. The van der Waals surface area contributed by atoms with Gasteiger partial charge in [-0.1, -0.05) is 83.0 Å². The second-order valence-electron chi connectivity index (χ2n) is 10.3. The molecule has 0 aliphatic carbocycles. The molecular weight excluding hydrogens is 540 g/mol. The fraction of sp³-hybridized carbons (Fsp3) is 0.382. The maximum atomic E-state index is 12.6. The molecule has 1 atom stereocenters. The topological polar surface area (TPSA) is 78.9 Å². The van der Waals surface area contributed by atoms with Gasteiger partial charge in [0, 0.05) is 6.07 Å². The lowest BCUT2D eigenvalue weighted by molar-refractivity contribution is 0.0447.